The van der Waals surface area contributed by atoms with Crippen molar-refractivity contribution in [2.24, 2.45) is 0 Å². The van der Waals surface area contributed by atoms with Crippen molar-refractivity contribution in [3.63, 3.8) is 0 Å². The van der Waals surface area contributed by atoms with E-state index < -0.39 is 9.04 Å². The van der Waals surface area contributed by atoms with Crippen LogP contribution >= 0.6 is 0 Å². The molecular weight excluding hydrogens is 424 g/mol. The fraction of sp³-hybridized carbons (Fsp3) is 0.294. The van der Waals surface area contributed by atoms with Crippen LogP contribution in [0.15, 0.2) is 42.0 Å². The minimum absolute atomic E-state index is 0. The number of rotatable bonds is 2. The molecule has 0 bridgehead atoms. The second kappa shape index (κ2) is 10.7. The minimum atomic E-state index is -0.610. The average molecular weight is 447 g/mol. The Morgan fingerprint density at radius 2 is 1.65 bits per heavy atom. The van der Waals surface area contributed by atoms with Gasteiger partial charge in [0.2, 0.25) is 0 Å². The molecule has 1 aromatic carbocycles. The number of hydrogen-bond donors (Lipinski definition) is 0. The summed E-state index contributed by atoms with van der Waals surface area (Å²) in [6.45, 7) is 8.70. The number of aryl methyl sites for hydroxylation is 1. The Bertz CT molecular complexity index is 642. The van der Waals surface area contributed by atoms with Crippen LogP contribution in [0.5, 0.6) is 0 Å². The molecule has 1 aromatic heterocycles. The van der Waals surface area contributed by atoms with Gasteiger partial charge >= 0.3 is 49.8 Å². The predicted molar refractivity (Wildman–Crippen MR) is 87.8 cm³/mol. The zero-order valence-corrected chi connectivity index (χ0v) is 19.1. The second-order valence-corrected chi connectivity index (χ2v) is 9.76. The molecule has 0 atom stereocenters. The van der Waals surface area contributed by atoms with Crippen LogP contribution in [0.3, 0.4) is 0 Å². The number of para-hydroxylation sites is 1. The van der Waals surface area contributed by atoms with Crippen molar-refractivity contribution in [3.8, 4) is 5.69 Å². The first-order valence-electron chi connectivity index (χ1n) is 7.29. The number of hydrogen-bond acceptors (Lipinski definition) is 1. The van der Waals surface area contributed by atoms with Crippen molar-refractivity contribution in [2.45, 2.75) is 33.4 Å². The molecule has 0 saturated heterocycles. The largest absolute Gasteiger partial charge is 1.00 e. The van der Waals surface area contributed by atoms with E-state index in [0.29, 0.717) is 0 Å². The number of fused-ring (bicyclic) bond motifs is 1. The first kappa shape index (κ1) is 22.9. The Morgan fingerprint density at radius 1 is 1.09 bits per heavy atom. The van der Waals surface area contributed by atoms with Crippen molar-refractivity contribution in [1.82, 2.24) is 4.57 Å². The van der Waals surface area contributed by atoms with Gasteiger partial charge in [-0.25, -0.2) is 0 Å². The van der Waals surface area contributed by atoms with Crippen LogP contribution in [0.25, 0.3) is 11.8 Å². The summed E-state index contributed by atoms with van der Waals surface area (Å²) in [6.07, 6.45) is 3.37. The van der Waals surface area contributed by atoms with E-state index in [4.69, 9.17) is 2.50 Å². The van der Waals surface area contributed by atoms with Crippen molar-refractivity contribution >= 4 is 15.1 Å². The zero-order chi connectivity index (χ0) is 15.4. The number of allylic oxidation sites excluding steroid dienone is 1. The maximum atomic E-state index is 4.98. The van der Waals surface area contributed by atoms with Crippen molar-refractivity contribution in [1.29, 1.82) is 0 Å². The Labute approximate surface area is 169 Å². The zero-order valence-electron chi connectivity index (χ0n) is 13.9. The predicted octanol–water partition coefficient (Wildman–Crippen LogP) is -1.80. The quantitative estimate of drug-likeness (QED) is 0.497. The van der Waals surface area contributed by atoms with Crippen LogP contribution in [-0.2, 0) is 34.1 Å². The fourth-order valence-corrected chi connectivity index (χ4v) is 2.54. The molecule has 1 aliphatic rings. The van der Waals surface area contributed by atoms with Crippen LogP contribution in [0, 0.1) is 6.92 Å². The molecule has 23 heavy (non-hydrogen) atoms. The van der Waals surface area contributed by atoms with Crippen LogP contribution in [0.1, 0.15) is 23.9 Å². The van der Waals surface area contributed by atoms with Gasteiger partial charge in [-0.2, -0.15) is 0 Å². The van der Waals surface area contributed by atoms with Gasteiger partial charge < -0.3 is 29.4 Å². The second-order valence-electron chi connectivity index (χ2n) is 5.69. The first-order chi connectivity index (χ1) is 10.0. The molecule has 0 saturated carbocycles. The SMILES string of the molecule is CC1=Cc2cc(C)n(-c3ccccc3)c2C1.C[SiH](C)[O][Zr+2].[Cl-].[Cl-]. The summed E-state index contributed by atoms with van der Waals surface area (Å²) in [7, 11) is -0.610. The number of benzene rings is 1. The van der Waals surface area contributed by atoms with Gasteiger partial charge in [0.25, 0.3) is 0 Å². The van der Waals surface area contributed by atoms with Crippen LogP contribution in [0.2, 0.25) is 13.1 Å². The molecule has 1 heterocycles. The van der Waals surface area contributed by atoms with Crippen LogP contribution in [0.4, 0.5) is 0 Å². The maximum absolute atomic E-state index is 4.98. The summed E-state index contributed by atoms with van der Waals surface area (Å²) in [5.74, 6) is 0. The molecule has 0 radical (unpaired) electrons. The van der Waals surface area contributed by atoms with Gasteiger partial charge in [0.1, 0.15) is 0 Å². The molecule has 0 unspecified atom stereocenters. The van der Waals surface area contributed by atoms with Crippen LogP contribution < -0.4 is 24.8 Å². The summed E-state index contributed by atoms with van der Waals surface area (Å²) < 4.78 is 7.34. The molecular formula is C17H22Cl2NOSiZr. The summed E-state index contributed by atoms with van der Waals surface area (Å²) in [5, 5.41) is 0. The average Bonchev–Trinajstić information content (AvgIpc) is 2.94. The van der Waals surface area contributed by atoms with Crippen molar-refractivity contribution < 1.29 is 52.5 Å². The molecule has 0 amide bonds. The molecule has 0 aliphatic heterocycles. The van der Waals surface area contributed by atoms with E-state index in [0.717, 1.165) is 6.42 Å². The standard InChI is InChI=1S/C15H15N.C2H7OSi.2ClH.Zr/c1-11-8-13-10-12(2)16(15(13)9-11)14-6-4-3-5-7-14;1-4(2)3;;;/h3-8,10H,9H2,1-2H3;4H,1-2H3;2*1H;/q;-1;;;+3/p-2. The van der Waals surface area contributed by atoms with Gasteiger partial charge in [0, 0.05) is 23.5 Å². The monoisotopic (exact) mass is 444 g/mol. The number of halogens is 2. The topological polar surface area (TPSA) is 14.2 Å². The van der Waals surface area contributed by atoms with Crippen LogP contribution in [-0.4, -0.2) is 13.6 Å². The van der Waals surface area contributed by atoms with E-state index in [9.17, 15) is 0 Å². The number of nitrogens with zero attached hydrogens (tertiary/aromatic N) is 1. The van der Waals surface area contributed by atoms with E-state index in [1.807, 2.05) is 0 Å². The minimum Gasteiger partial charge on any atom is -1.00 e. The Morgan fingerprint density at radius 3 is 2.17 bits per heavy atom. The Balaban J connectivity index is 0.000000615. The van der Waals surface area contributed by atoms with Gasteiger partial charge in [-0.15, -0.1) is 0 Å². The third-order valence-electron chi connectivity index (χ3n) is 3.42. The van der Waals surface area contributed by atoms with E-state index in [-0.39, 0.29) is 24.8 Å². The molecule has 1 aliphatic carbocycles. The van der Waals surface area contributed by atoms with Gasteiger partial charge in [-0.1, -0.05) is 29.8 Å². The molecule has 0 fully saturated rings. The van der Waals surface area contributed by atoms with Gasteiger partial charge in [-0.05, 0) is 37.6 Å². The summed E-state index contributed by atoms with van der Waals surface area (Å²) in [6, 6.07) is 12.9. The van der Waals surface area contributed by atoms with E-state index >= 15 is 0 Å². The molecule has 0 N–H and O–H groups in total. The van der Waals surface area contributed by atoms with E-state index in [2.05, 4.69) is 74.0 Å². The molecule has 3 rings (SSSR count). The molecule has 0 spiro atoms. The van der Waals surface area contributed by atoms with E-state index in [1.165, 1.54) is 53.4 Å². The first-order valence-corrected chi connectivity index (χ1v) is 11.1. The number of aromatic nitrogens is 1. The third-order valence-corrected chi connectivity index (χ3v) is 7.37. The smallest absolute Gasteiger partial charge is 1.00 e. The summed E-state index contributed by atoms with van der Waals surface area (Å²) >= 11 is 1.23. The Kier molecular flexibility index (Phi) is 10.6. The molecule has 2 aromatic rings. The summed E-state index contributed by atoms with van der Waals surface area (Å²) in [5.41, 5.74) is 6.86. The van der Waals surface area contributed by atoms with Gasteiger partial charge in [0.15, 0.2) is 0 Å². The molecule has 123 valence electrons. The van der Waals surface area contributed by atoms with Crippen molar-refractivity contribution in [2.75, 3.05) is 0 Å². The van der Waals surface area contributed by atoms with Gasteiger partial charge in [-0.3, -0.25) is 0 Å². The maximum Gasteiger partial charge on any atom is -1.00 e. The third kappa shape index (κ3) is 6.03. The summed E-state index contributed by atoms with van der Waals surface area (Å²) in [4.78, 5) is 0. The van der Waals surface area contributed by atoms with Crippen molar-refractivity contribution in [3.05, 3.63) is 58.9 Å². The van der Waals surface area contributed by atoms with E-state index in [1.54, 1.807) is 0 Å². The Hall–Kier alpha value is -0.120. The molecule has 2 nitrogen and oxygen atoms in total. The normalized spacial score (nSPS) is 11.7. The van der Waals surface area contributed by atoms with Gasteiger partial charge in [0.05, 0.1) is 0 Å². The fourth-order valence-electron chi connectivity index (χ4n) is 2.54. The molecule has 6 heteroatoms.